The first-order valence-corrected chi connectivity index (χ1v) is 6.73. The maximum atomic E-state index is 6.08. The number of nitrogens with one attached hydrogen (secondary N) is 1. The molecule has 3 N–H and O–H groups in total. The molecular weight excluding hydrogens is 274 g/mol. The van der Waals surface area contributed by atoms with Crippen LogP contribution in [0.15, 0.2) is 24.4 Å². The van der Waals surface area contributed by atoms with Crippen molar-refractivity contribution in [3.05, 3.63) is 41.1 Å². The molecule has 106 valence electrons. The number of nitrogen functional groups attached to an aromatic ring is 1. The molecular formula is C14H18ClN5. The van der Waals surface area contributed by atoms with Gasteiger partial charge in [-0.15, -0.1) is 0 Å². The van der Waals surface area contributed by atoms with Crippen LogP contribution in [-0.4, -0.2) is 15.0 Å². The summed E-state index contributed by atoms with van der Waals surface area (Å²) in [6.45, 7) is 6.61. The third-order valence-electron chi connectivity index (χ3n) is 2.73. The standard InChI is InChI=1S/C14H18ClN5/c1-14(2,3)13-19-11(15)10(16)12(20-13)18-8-9-6-4-5-7-17-9/h4-7H,8,16H2,1-3H3,(H,18,19,20). The van der Waals surface area contributed by atoms with Gasteiger partial charge >= 0.3 is 0 Å². The summed E-state index contributed by atoms with van der Waals surface area (Å²) in [5.74, 6) is 1.20. The average Bonchev–Trinajstić information content (AvgIpc) is 2.40. The molecule has 0 atom stereocenters. The molecule has 0 bridgehead atoms. The van der Waals surface area contributed by atoms with Crippen molar-refractivity contribution in [3.63, 3.8) is 0 Å². The van der Waals surface area contributed by atoms with E-state index in [1.165, 1.54) is 0 Å². The van der Waals surface area contributed by atoms with E-state index in [0.29, 0.717) is 23.9 Å². The molecule has 5 nitrogen and oxygen atoms in total. The van der Waals surface area contributed by atoms with Gasteiger partial charge in [-0.25, -0.2) is 9.97 Å². The smallest absolute Gasteiger partial charge is 0.157 e. The maximum Gasteiger partial charge on any atom is 0.157 e. The molecule has 0 fully saturated rings. The van der Waals surface area contributed by atoms with E-state index < -0.39 is 0 Å². The summed E-state index contributed by atoms with van der Waals surface area (Å²) in [7, 11) is 0. The van der Waals surface area contributed by atoms with Gasteiger partial charge in [0.15, 0.2) is 11.0 Å². The summed E-state index contributed by atoms with van der Waals surface area (Å²) in [5, 5.41) is 3.43. The minimum absolute atomic E-state index is 0.196. The Kier molecular flexibility index (Phi) is 4.09. The van der Waals surface area contributed by atoms with Crippen LogP contribution in [0.3, 0.4) is 0 Å². The Morgan fingerprint density at radius 1 is 1.25 bits per heavy atom. The van der Waals surface area contributed by atoms with Crippen molar-refractivity contribution < 1.29 is 0 Å². The topological polar surface area (TPSA) is 76.7 Å². The van der Waals surface area contributed by atoms with E-state index in [4.69, 9.17) is 17.3 Å². The van der Waals surface area contributed by atoms with Gasteiger partial charge in [-0.05, 0) is 12.1 Å². The van der Waals surface area contributed by atoms with E-state index >= 15 is 0 Å². The van der Waals surface area contributed by atoms with E-state index in [2.05, 4.69) is 20.3 Å². The second kappa shape index (κ2) is 5.63. The lowest BCUT2D eigenvalue weighted by atomic mass is 9.96. The van der Waals surface area contributed by atoms with Crippen molar-refractivity contribution in [2.75, 3.05) is 11.1 Å². The third kappa shape index (κ3) is 3.36. The van der Waals surface area contributed by atoms with Gasteiger partial charge < -0.3 is 11.1 Å². The Balaban J connectivity index is 2.25. The summed E-state index contributed by atoms with van der Waals surface area (Å²) >= 11 is 6.08. The average molecular weight is 292 g/mol. The highest BCUT2D eigenvalue weighted by molar-refractivity contribution is 6.32. The first-order chi connectivity index (χ1) is 9.38. The zero-order valence-electron chi connectivity index (χ0n) is 11.8. The molecule has 6 heteroatoms. The largest absolute Gasteiger partial charge is 0.393 e. The number of rotatable bonds is 3. The summed E-state index contributed by atoms with van der Waals surface area (Å²) < 4.78 is 0. The summed E-state index contributed by atoms with van der Waals surface area (Å²) in [6.07, 6.45) is 1.74. The monoisotopic (exact) mass is 291 g/mol. The van der Waals surface area contributed by atoms with Gasteiger partial charge in [0.1, 0.15) is 11.5 Å². The molecule has 0 aliphatic carbocycles. The normalized spacial score (nSPS) is 11.4. The van der Waals surface area contributed by atoms with Crippen LogP contribution in [-0.2, 0) is 12.0 Å². The Labute approximate surface area is 123 Å². The van der Waals surface area contributed by atoms with Crippen LogP contribution in [0, 0.1) is 0 Å². The molecule has 2 heterocycles. The molecule has 0 aliphatic rings. The first-order valence-electron chi connectivity index (χ1n) is 6.35. The number of aromatic nitrogens is 3. The molecule has 0 aromatic carbocycles. The highest BCUT2D eigenvalue weighted by atomic mass is 35.5. The molecule has 0 saturated heterocycles. The second-order valence-electron chi connectivity index (χ2n) is 5.52. The number of halogens is 1. The molecule has 2 aromatic rings. The fourth-order valence-corrected chi connectivity index (χ4v) is 1.76. The van der Waals surface area contributed by atoms with Gasteiger partial charge in [0.25, 0.3) is 0 Å². The summed E-state index contributed by atoms with van der Waals surface area (Å²) in [6, 6.07) is 5.73. The van der Waals surface area contributed by atoms with Crippen LogP contribution in [0.2, 0.25) is 5.15 Å². The van der Waals surface area contributed by atoms with E-state index in [1.807, 2.05) is 39.0 Å². The van der Waals surface area contributed by atoms with Crippen molar-refractivity contribution in [1.82, 2.24) is 15.0 Å². The number of nitrogens with zero attached hydrogens (tertiary/aromatic N) is 3. The Morgan fingerprint density at radius 3 is 2.60 bits per heavy atom. The highest BCUT2D eigenvalue weighted by Gasteiger charge is 2.20. The quantitative estimate of drug-likeness (QED) is 0.850. The SMILES string of the molecule is CC(C)(C)c1nc(Cl)c(N)c(NCc2ccccn2)n1. The van der Waals surface area contributed by atoms with Crippen molar-refractivity contribution in [2.45, 2.75) is 32.7 Å². The fraction of sp³-hybridized carbons (Fsp3) is 0.357. The van der Waals surface area contributed by atoms with Crippen LogP contribution in [0.1, 0.15) is 32.3 Å². The molecule has 2 aromatic heterocycles. The number of pyridine rings is 1. The van der Waals surface area contributed by atoms with Gasteiger partial charge in [0.2, 0.25) is 0 Å². The highest BCUT2D eigenvalue weighted by Crippen LogP contribution is 2.28. The van der Waals surface area contributed by atoms with Crippen LogP contribution < -0.4 is 11.1 Å². The van der Waals surface area contributed by atoms with E-state index in [0.717, 1.165) is 5.69 Å². The molecule has 20 heavy (non-hydrogen) atoms. The van der Waals surface area contributed by atoms with Gasteiger partial charge in [-0.1, -0.05) is 38.4 Å². The lowest BCUT2D eigenvalue weighted by molar-refractivity contribution is 0.546. The molecule has 0 aliphatic heterocycles. The maximum absolute atomic E-state index is 6.08. The van der Waals surface area contributed by atoms with E-state index in [9.17, 15) is 0 Å². The van der Waals surface area contributed by atoms with Gasteiger partial charge in [0, 0.05) is 11.6 Å². The van der Waals surface area contributed by atoms with E-state index in [1.54, 1.807) is 6.20 Å². The van der Waals surface area contributed by atoms with Crippen LogP contribution in [0.5, 0.6) is 0 Å². The molecule has 0 saturated carbocycles. The van der Waals surface area contributed by atoms with E-state index in [-0.39, 0.29) is 10.6 Å². The zero-order chi connectivity index (χ0) is 14.8. The number of hydrogen-bond acceptors (Lipinski definition) is 5. The Bertz CT molecular complexity index is 593. The van der Waals surface area contributed by atoms with Gasteiger partial charge in [0.05, 0.1) is 12.2 Å². The predicted octanol–water partition coefficient (Wildman–Crippen LogP) is 3.02. The fourth-order valence-electron chi connectivity index (χ4n) is 1.59. The number of anilines is 2. The van der Waals surface area contributed by atoms with Crippen molar-refractivity contribution in [2.24, 2.45) is 0 Å². The van der Waals surface area contributed by atoms with Crippen molar-refractivity contribution in [1.29, 1.82) is 0 Å². The Hall–Kier alpha value is -1.88. The molecule has 2 rings (SSSR count). The molecule has 0 unspecified atom stereocenters. The molecule has 0 spiro atoms. The lowest BCUT2D eigenvalue weighted by Gasteiger charge is -2.19. The second-order valence-corrected chi connectivity index (χ2v) is 5.88. The summed E-state index contributed by atoms with van der Waals surface area (Å²) in [5.41, 5.74) is 6.98. The number of nitrogens with two attached hydrogens (primary N) is 1. The van der Waals surface area contributed by atoms with Gasteiger partial charge in [-0.3, -0.25) is 4.98 Å². The van der Waals surface area contributed by atoms with Gasteiger partial charge in [-0.2, -0.15) is 0 Å². The summed E-state index contributed by atoms with van der Waals surface area (Å²) in [4.78, 5) is 12.9. The first kappa shape index (κ1) is 14.5. The van der Waals surface area contributed by atoms with Crippen molar-refractivity contribution in [3.8, 4) is 0 Å². The minimum Gasteiger partial charge on any atom is -0.393 e. The predicted molar refractivity (Wildman–Crippen MR) is 81.7 cm³/mol. The zero-order valence-corrected chi connectivity index (χ0v) is 12.6. The van der Waals surface area contributed by atoms with Crippen LogP contribution in [0.4, 0.5) is 11.5 Å². The minimum atomic E-state index is -0.196. The Morgan fingerprint density at radius 2 is 2.00 bits per heavy atom. The number of hydrogen-bond donors (Lipinski definition) is 2. The third-order valence-corrected chi connectivity index (χ3v) is 3.02. The van der Waals surface area contributed by atoms with Crippen molar-refractivity contribution >= 4 is 23.1 Å². The lowest BCUT2D eigenvalue weighted by Crippen LogP contribution is -2.18. The van der Waals surface area contributed by atoms with Crippen LogP contribution in [0.25, 0.3) is 0 Å². The molecule has 0 amide bonds. The molecule has 0 radical (unpaired) electrons. The van der Waals surface area contributed by atoms with Crippen LogP contribution >= 0.6 is 11.6 Å².